The molecule has 0 spiro atoms. The van der Waals surface area contributed by atoms with E-state index in [-0.39, 0.29) is 5.78 Å². The largest absolute Gasteiger partial charge is 0.293 e. The molecule has 0 fully saturated rings. The number of carbonyl (C=O) groups is 1. The van der Waals surface area contributed by atoms with Gasteiger partial charge >= 0.3 is 0 Å². The molecule has 2 nitrogen and oxygen atoms in total. The molecule has 1 aromatic carbocycles. The third kappa shape index (κ3) is 2.46. The van der Waals surface area contributed by atoms with Crippen LogP contribution < -0.4 is 0 Å². The van der Waals surface area contributed by atoms with E-state index in [0.717, 1.165) is 3.57 Å². The minimum absolute atomic E-state index is 0.181. The number of rotatable bonds is 2. The molecule has 1 rings (SSSR count). The fraction of sp³-hybridized carbons (Fsp3) is 0.200. The highest BCUT2D eigenvalue weighted by Crippen LogP contribution is 2.20. The van der Waals surface area contributed by atoms with Gasteiger partial charge < -0.3 is 0 Å². The standard InChI is InChI=1S/C10H7ClINO/c1-6(5-13)10(14)8-4-7(11)2-3-9(8)12/h2-4,6H,1H3. The Bertz CT molecular complexity index is 411. The summed E-state index contributed by atoms with van der Waals surface area (Å²) in [5.41, 5.74) is 0.521. The average molecular weight is 320 g/mol. The summed E-state index contributed by atoms with van der Waals surface area (Å²) in [5.74, 6) is -0.804. The molecule has 0 aromatic heterocycles. The smallest absolute Gasteiger partial charge is 0.180 e. The van der Waals surface area contributed by atoms with Gasteiger partial charge in [0.25, 0.3) is 0 Å². The van der Waals surface area contributed by atoms with Gasteiger partial charge in [0, 0.05) is 14.2 Å². The van der Waals surface area contributed by atoms with Crippen LogP contribution in [0.5, 0.6) is 0 Å². The summed E-state index contributed by atoms with van der Waals surface area (Å²) in [6.07, 6.45) is 0. The fourth-order valence-corrected chi connectivity index (χ4v) is 1.75. The van der Waals surface area contributed by atoms with E-state index in [9.17, 15) is 4.79 Å². The highest BCUT2D eigenvalue weighted by molar-refractivity contribution is 14.1. The predicted molar refractivity (Wildman–Crippen MR) is 63.3 cm³/mol. The Labute approximate surface area is 101 Å². The van der Waals surface area contributed by atoms with Gasteiger partial charge in [-0.1, -0.05) is 11.6 Å². The fourth-order valence-electron chi connectivity index (χ4n) is 0.978. The van der Waals surface area contributed by atoms with E-state index in [1.165, 1.54) is 0 Å². The van der Waals surface area contributed by atoms with Gasteiger partial charge in [-0.25, -0.2) is 0 Å². The van der Waals surface area contributed by atoms with Crippen molar-refractivity contribution in [1.29, 1.82) is 5.26 Å². The molecule has 0 N–H and O–H groups in total. The molecule has 14 heavy (non-hydrogen) atoms. The lowest BCUT2D eigenvalue weighted by Gasteiger charge is -2.05. The Morgan fingerprint density at radius 3 is 2.86 bits per heavy atom. The van der Waals surface area contributed by atoms with Gasteiger partial charge in [0.15, 0.2) is 5.78 Å². The molecular weight excluding hydrogens is 312 g/mol. The van der Waals surface area contributed by atoms with Crippen LogP contribution in [0.4, 0.5) is 0 Å². The average Bonchev–Trinajstić information content (AvgIpc) is 2.19. The zero-order valence-corrected chi connectivity index (χ0v) is 10.3. The van der Waals surface area contributed by atoms with Crippen LogP contribution in [-0.4, -0.2) is 5.78 Å². The van der Waals surface area contributed by atoms with Crippen LogP contribution in [0.1, 0.15) is 17.3 Å². The number of nitriles is 1. The number of halogens is 2. The van der Waals surface area contributed by atoms with Gasteiger partial charge in [0.2, 0.25) is 0 Å². The maximum Gasteiger partial charge on any atom is 0.180 e. The predicted octanol–water partition coefficient (Wildman–Crippen LogP) is 3.29. The Morgan fingerprint density at radius 1 is 1.64 bits per heavy atom. The number of Topliss-reactive ketones (excluding diaryl/α,β-unsaturated/α-hetero) is 1. The van der Waals surface area contributed by atoms with Crippen LogP contribution in [0.3, 0.4) is 0 Å². The Kier molecular flexibility index (Phi) is 3.90. The van der Waals surface area contributed by atoms with Crippen LogP contribution in [0, 0.1) is 20.8 Å². The van der Waals surface area contributed by atoms with Crippen LogP contribution in [0.15, 0.2) is 18.2 Å². The third-order valence-corrected chi connectivity index (χ3v) is 2.96. The number of hydrogen-bond donors (Lipinski definition) is 0. The Balaban J connectivity index is 3.14. The molecule has 0 aliphatic rings. The monoisotopic (exact) mass is 319 g/mol. The van der Waals surface area contributed by atoms with E-state index < -0.39 is 5.92 Å². The van der Waals surface area contributed by atoms with Crippen LogP contribution in [0.2, 0.25) is 5.02 Å². The number of ketones is 1. The molecule has 0 amide bonds. The van der Waals surface area contributed by atoms with Crippen molar-refractivity contribution in [1.82, 2.24) is 0 Å². The summed E-state index contributed by atoms with van der Waals surface area (Å²) in [6.45, 7) is 1.58. The van der Waals surface area contributed by atoms with Crippen molar-refractivity contribution in [3.8, 4) is 6.07 Å². The lowest BCUT2D eigenvalue weighted by Crippen LogP contribution is -2.10. The Hall–Kier alpha value is -0.600. The van der Waals surface area contributed by atoms with E-state index in [0.29, 0.717) is 10.6 Å². The van der Waals surface area contributed by atoms with Crippen molar-refractivity contribution >= 4 is 40.0 Å². The second-order valence-electron chi connectivity index (χ2n) is 2.84. The van der Waals surface area contributed by atoms with Gasteiger partial charge in [-0.3, -0.25) is 4.79 Å². The SMILES string of the molecule is CC(C#N)C(=O)c1cc(Cl)ccc1I. The van der Waals surface area contributed by atoms with Gasteiger partial charge in [-0.05, 0) is 47.7 Å². The summed E-state index contributed by atoms with van der Waals surface area (Å²) in [4.78, 5) is 11.7. The molecule has 4 heteroatoms. The first-order chi connectivity index (χ1) is 6.56. The van der Waals surface area contributed by atoms with Crippen molar-refractivity contribution in [2.24, 2.45) is 5.92 Å². The molecule has 0 saturated carbocycles. The van der Waals surface area contributed by atoms with Crippen molar-refractivity contribution in [3.05, 3.63) is 32.4 Å². The summed E-state index contributed by atoms with van der Waals surface area (Å²) < 4.78 is 0.819. The molecule has 72 valence electrons. The zero-order chi connectivity index (χ0) is 10.7. The quantitative estimate of drug-likeness (QED) is 0.620. The molecule has 1 unspecified atom stereocenters. The summed E-state index contributed by atoms with van der Waals surface area (Å²) in [6, 6.07) is 6.99. The first-order valence-electron chi connectivity index (χ1n) is 3.95. The van der Waals surface area contributed by atoms with Gasteiger partial charge in [-0.2, -0.15) is 5.26 Å². The van der Waals surface area contributed by atoms with Crippen molar-refractivity contribution < 1.29 is 4.79 Å². The van der Waals surface area contributed by atoms with Crippen LogP contribution >= 0.6 is 34.2 Å². The summed E-state index contributed by atoms with van der Waals surface area (Å²) in [7, 11) is 0. The highest BCUT2D eigenvalue weighted by Gasteiger charge is 2.17. The second kappa shape index (κ2) is 4.76. The molecule has 0 radical (unpaired) electrons. The lowest BCUT2D eigenvalue weighted by atomic mass is 10.0. The maximum absolute atomic E-state index is 11.7. The minimum atomic E-state index is -0.623. The third-order valence-electron chi connectivity index (χ3n) is 1.78. The van der Waals surface area contributed by atoms with Crippen LogP contribution in [-0.2, 0) is 0 Å². The first-order valence-corrected chi connectivity index (χ1v) is 5.41. The summed E-state index contributed by atoms with van der Waals surface area (Å²) in [5, 5.41) is 9.13. The molecule has 0 aliphatic heterocycles. The van der Waals surface area contributed by atoms with Crippen LogP contribution in [0.25, 0.3) is 0 Å². The van der Waals surface area contributed by atoms with E-state index in [2.05, 4.69) is 22.6 Å². The zero-order valence-electron chi connectivity index (χ0n) is 7.42. The molecule has 0 saturated heterocycles. The van der Waals surface area contributed by atoms with Gasteiger partial charge in [0.05, 0.1) is 6.07 Å². The molecule has 0 heterocycles. The normalized spacial score (nSPS) is 11.9. The van der Waals surface area contributed by atoms with Gasteiger partial charge in [0.1, 0.15) is 5.92 Å². The number of benzene rings is 1. The Morgan fingerprint density at radius 2 is 2.29 bits per heavy atom. The van der Waals surface area contributed by atoms with E-state index in [1.54, 1.807) is 25.1 Å². The molecular formula is C10H7ClINO. The van der Waals surface area contributed by atoms with E-state index in [1.807, 2.05) is 6.07 Å². The first kappa shape index (κ1) is 11.5. The molecule has 0 aliphatic carbocycles. The molecule has 1 aromatic rings. The molecule has 0 bridgehead atoms. The number of nitrogens with zero attached hydrogens (tertiary/aromatic N) is 1. The van der Waals surface area contributed by atoms with E-state index >= 15 is 0 Å². The minimum Gasteiger partial charge on any atom is -0.293 e. The molecule has 1 atom stereocenters. The second-order valence-corrected chi connectivity index (χ2v) is 4.44. The highest BCUT2D eigenvalue weighted by atomic mass is 127. The summed E-state index contributed by atoms with van der Waals surface area (Å²) >= 11 is 7.82. The van der Waals surface area contributed by atoms with E-state index in [4.69, 9.17) is 16.9 Å². The number of carbonyl (C=O) groups excluding carboxylic acids is 1. The lowest BCUT2D eigenvalue weighted by molar-refractivity contribution is 0.0955. The van der Waals surface area contributed by atoms with Crippen molar-refractivity contribution in [3.63, 3.8) is 0 Å². The van der Waals surface area contributed by atoms with Crippen molar-refractivity contribution in [2.45, 2.75) is 6.92 Å². The maximum atomic E-state index is 11.7. The number of hydrogen-bond acceptors (Lipinski definition) is 2. The van der Waals surface area contributed by atoms with Crippen molar-refractivity contribution in [2.75, 3.05) is 0 Å². The topological polar surface area (TPSA) is 40.9 Å². The van der Waals surface area contributed by atoms with Gasteiger partial charge in [-0.15, -0.1) is 0 Å².